The van der Waals surface area contributed by atoms with Crippen molar-refractivity contribution in [3.63, 3.8) is 0 Å². The van der Waals surface area contributed by atoms with Crippen molar-refractivity contribution in [1.29, 1.82) is 0 Å². The second kappa shape index (κ2) is 10.3. The third kappa shape index (κ3) is 6.64. The third-order valence-corrected chi connectivity index (χ3v) is 5.37. The van der Waals surface area contributed by atoms with Gasteiger partial charge in [0.1, 0.15) is 18.5 Å². The zero-order valence-electron chi connectivity index (χ0n) is 15.8. The number of piperazine rings is 1. The molecule has 0 saturated carbocycles. The number of halogens is 1. The number of carbonyl (C=O) groups excluding carboxylic acids is 1. The number of nitrogens with zero attached hydrogens (tertiary/aromatic N) is 2. The molecule has 0 aromatic heterocycles. The van der Waals surface area contributed by atoms with Gasteiger partial charge in [0, 0.05) is 36.8 Å². The largest absolute Gasteiger partial charge is 0.491 e. The fourth-order valence-electron chi connectivity index (χ4n) is 3.74. The lowest BCUT2D eigenvalue weighted by Gasteiger charge is -2.27. The van der Waals surface area contributed by atoms with Crippen LogP contribution in [-0.2, 0) is 11.3 Å². The molecule has 0 unspecified atom stereocenters. The number of aliphatic hydroxyl groups excluding tert-OH is 1. The number of benzene rings is 1. The molecule has 2 N–H and O–H groups in total. The van der Waals surface area contributed by atoms with Crippen LogP contribution in [0.5, 0.6) is 5.75 Å². The fraction of sp³-hybridized carbons (Fsp3) is 0.650. The van der Waals surface area contributed by atoms with Crippen LogP contribution in [0.15, 0.2) is 18.2 Å². The van der Waals surface area contributed by atoms with Crippen molar-refractivity contribution in [3.05, 3.63) is 28.8 Å². The first-order valence-corrected chi connectivity index (χ1v) is 10.3. The van der Waals surface area contributed by atoms with Crippen molar-refractivity contribution in [2.24, 2.45) is 0 Å². The lowest BCUT2D eigenvalue weighted by atomic mass is 10.1. The molecule has 2 aliphatic rings. The summed E-state index contributed by atoms with van der Waals surface area (Å²) in [5, 5.41) is 13.9. The lowest BCUT2D eigenvalue weighted by molar-refractivity contribution is -0.124. The minimum atomic E-state index is -0.521. The minimum Gasteiger partial charge on any atom is -0.491 e. The van der Waals surface area contributed by atoms with Gasteiger partial charge < -0.3 is 20.1 Å². The molecule has 0 aliphatic carbocycles. The molecule has 7 heteroatoms. The number of hydrogen-bond acceptors (Lipinski definition) is 5. The molecule has 2 fully saturated rings. The molecule has 150 valence electrons. The van der Waals surface area contributed by atoms with Gasteiger partial charge in [-0.3, -0.25) is 9.69 Å². The van der Waals surface area contributed by atoms with Gasteiger partial charge in [-0.1, -0.05) is 24.4 Å². The number of amides is 1. The van der Waals surface area contributed by atoms with E-state index in [4.69, 9.17) is 16.3 Å². The molecule has 0 bridgehead atoms. The van der Waals surface area contributed by atoms with E-state index in [9.17, 15) is 9.90 Å². The predicted molar refractivity (Wildman–Crippen MR) is 106 cm³/mol. The first-order chi connectivity index (χ1) is 13.1. The Balaban J connectivity index is 1.54. The van der Waals surface area contributed by atoms with Crippen molar-refractivity contribution in [1.82, 2.24) is 15.1 Å². The highest BCUT2D eigenvalue weighted by atomic mass is 35.5. The zero-order chi connectivity index (χ0) is 19.1. The highest BCUT2D eigenvalue weighted by molar-refractivity contribution is 6.30. The van der Waals surface area contributed by atoms with Crippen molar-refractivity contribution in [3.8, 4) is 5.75 Å². The molecule has 1 aromatic carbocycles. The molecule has 6 nitrogen and oxygen atoms in total. The summed E-state index contributed by atoms with van der Waals surface area (Å²) in [7, 11) is 0. The Kier molecular flexibility index (Phi) is 7.76. The number of carbonyl (C=O) groups is 1. The minimum absolute atomic E-state index is 0.0404. The van der Waals surface area contributed by atoms with E-state index in [1.54, 1.807) is 6.07 Å². The molecule has 1 atom stereocenters. The summed E-state index contributed by atoms with van der Waals surface area (Å²) in [6, 6.07) is 5.52. The van der Waals surface area contributed by atoms with Crippen LogP contribution in [-0.4, -0.2) is 72.8 Å². The highest BCUT2D eigenvalue weighted by Gasteiger charge is 2.19. The standard InChI is InChI=1S/C20H30ClN3O3/c21-17-5-6-19(16(11-17)12-24-10-7-22-20(26)14-24)27-15-18(25)13-23-8-3-1-2-4-9-23/h5-6,11,18,25H,1-4,7-10,12-15H2,(H,22,26)/t18-/m0/s1. The molecule has 1 amide bonds. The van der Waals surface area contributed by atoms with Crippen LogP contribution < -0.4 is 10.1 Å². The van der Waals surface area contributed by atoms with E-state index in [0.717, 1.165) is 30.9 Å². The topological polar surface area (TPSA) is 65.0 Å². The maximum atomic E-state index is 11.6. The Labute approximate surface area is 166 Å². The molecule has 0 radical (unpaired) electrons. The molecule has 2 aliphatic heterocycles. The van der Waals surface area contributed by atoms with Crippen molar-refractivity contribution in [2.45, 2.75) is 38.3 Å². The molecule has 27 heavy (non-hydrogen) atoms. The Bertz CT molecular complexity index is 620. The average molecular weight is 396 g/mol. The molecular formula is C20H30ClN3O3. The zero-order valence-corrected chi connectivity index (χ0v) is 16.6. The van der Waals surface area contributed by atoms with Crippen LogP contribution >= 0.6 is 11.6 Å². The van der Waals surface area contributed by atoms with Crippen LogP contribution in [0.25, 0.3) is 0 Å². The Morgan fingerprint density at radius 2 is 1.93 bits per heavy atom. The smallest absolute Gasteiger partial charge is 0.234 e. The second-order valence-corrected chi connectivity index (χ2v) is 7.93. The number of ether oxygens (including phenoxy) is 1. The van der Waals surface area contributed by atoms with Gasteiger partial charge in [-0.2, -0.15) is 0 Å². The van der Waals surface area contributed by atoms with Gasteiger partial charge in [0.2, 0.25) is 5.91 Å². The maximum Gasteiger partial charge on any atom is 0.234 e. The van der Waals surface area contributed by atoms with E-state index in [0.29, 0.717) is 31.2 Å². The first-order valence-electron chi connectivity index (χ1n) is 9.91. The van der Waals surface area contributed by atoms with Gasteiger partial charge in [-0.25, -0.2) is 0 Å². The van der Waals surface area contributed by atoms with E-state index in [1.165, 1.54) is 25.7 Å². The summed E-state index contributed by atoms with van der Waals surface area (Å²) in [4.78, 5) is 16.0. The summed E-state index contributed by atoms with van der Waals surface area (Å²) in [6.45, 7) is 5.45. The molecule has 1 aromatic rings. The number of likely N-dealkylation sites (tertiary alicyclic amines) is 1. The van der Waals surface area contributed by atoms with Crippen LogP contribution in [0.4, 0.5) is 0 Å². The van der Waals surface area contributed by atoms with Crippen molar-refractivity contribution in [2.75, 3.05) is 45.9 Å². The number of β-amino-alcohol motifs (C(OH)–C–C–N with tert-alkyl or cyclic N) is 1. The summed E-state index contributed by atoms with van der Waals surface area (Å²) in [5.41, 5.74) is 0.944. The SMILES string of the molecule is O=C1CN(Cc2cc(Cl)ccc2OC[C@@H](O)CN2CCCCCC2)CCN1. The second-order valence-electron chi connectivity index (χ2n) is 7.49. The normalized spacial score (nSPS) is 20.7. The van der Waals surface area contributed by atoms with Gasteiger partial charge in [-0.05, 0) is 44.1 Å². The van der Waals surface area contributed by atoms with Crippen LogP contribution in [0.1, 0.15) is 31.2 Å². The fourth-order valence-corrected chi connectivity index (χ4v) is 3.93. The summed E-state index contributed by atoms with van der Waals surface area (Å²) in [5.74, 6) is 0.763. The van der Waals surface area contributed by atoms with E-state index in [2.05, 4.69) is 15.1 Å². The summed E-state index contributed by atoms with van der Waals surface area (Å²) < 4.78 is 5.93. The molecule has 2 heterocycles. The third-order valence-electron chi connectivity index (χ3n) is 5.13. The van der Waals surface area contributed by atoms with E-state index < -0.39 is 6.10 Å². The van der Waals surface area contributed by atoms with Gasteiger partial charge in [0.15, 0.2) is 0 Å². The quantitative estimate of drug-likeness (QED) is 0.738. The molecular weight excluding hydrogens is 366 g/mol. The monoisotopic (exact) mass is 395 g/mol. The summed E-state index contributed by atoms with van der Waals surface area (Å²) in [6.07, 6.45) is 4.46. The Morgan fingerprint density at radius 3 is 2.67 bits per heavy atom. The molecule has 2 saturated heterocycles. The van der Waals surface area contributed by atoms with Crippen LogP contribution in [0, 0.1) is 0 Å². The van der Waals surface area contributed by atoms with Crippen LogP contribution in [0.3, 0.4) is 0 Å². The number of nitrogens with one attached hydrogen (secondary N) is 1. The average Bonchev–Trinajstić information content (AvgIpc) is 2.90. The van der Waals surface area contributed by atoms with E-state index in [1.807, 2.05) is 12.1 Å². The Hall–Kier alpha value is -1.34. The number of hydrogen-bond donors (Lipinski definition) is 2. The van der Waals surface area contributed by atoms with E-state index >= 15 is 0 Å². The first kappa shape index (κ1) is 20.4. The molecule has 0 spiro atoms. The molecule has 3 rings (SSSR count). The summed E-state index contributed by atoms with van der Waals surface area (Å²) >= 11 is 6.16. The van der Waals surface area contributed by atoms with Gasteiger partial charge in [0.25, 0.3) is 0 Å². The highest BCUT2D eigenvalue weighted by Crippen LogP contribution is 2.25. The van der Waals surface area contributed by atoms with Crippen molar-refractivity contribution < 1.29 is 14.6 Å². The number of aliphatic hydroxyl groups is 1. The van der Waals surface area contributed by atoms with Gasteiger partial charge in [-0.15, -0.1) is 0 Å². The predicted octanol–water partition coefficient (Wildman–Crippen LogP) is 1.89. The van der Waals surface area contributed by atoms with Gasteiger partial charge >= 0.3 is 0 Å². The number of rotatable bonds is 7. The van der Waals surface area contributed by atoms with E-state index in [-0.39, 0.29) is 12.5 Å². The van der Waals surface area contributed by atoms with Gasteiger partial charge in [0.05, 0.1) is 6.54 Å². The Morgan fingerprint density at radius 1 is 1.15 bits per heavy atom. The van der Waals surface area contributed by atoms with Crippen molar-refractivity contribution >= 4 is 17.5 Å². The maximum absolute atomic E-state index is 11.6. The lowest BCUT2D eigenvalue weighted by Crippen LogP contribution is -2.47. The van der Waals surface area contributed by atoms with Crippen LogP contribution in [0.2, 0.25) is 5.02 Å².